The normalized spacial score (nSPS) is 16.1. The van der Waals surface area contributed by atoms with E-state index in [0.717, 1.165) is 29.3 Å². The molecule has 5 rings (SSSR count). The number of rotatable bonds is 4. The van der Waals surface area contributed by atoms with Gasteiger partial charge in [0.05, 0.1) is 5.56 Å². The van der Waals surface area contributed by atoms with Gasteiger partial charge in [-0.3, -0.25) is 0 Å². The second-order valence-corrected chi connectivity index (χ2v) is 10.2. The molecule has 1 fully saturated rings. The number of benzene rings is 2. The van der Waals surface area contributed by atoms with Crippen molar-refractivity contribution in [1.82, 2.24) is 19.9 Å². The van der Waals surface area contributed by atoms with Crippen LogP contribution in [0.3, 0.4) is 0 Å². The number of carbonyl (C=O) groups is 1. The number of piperidine rings is 1. The lowest BCUT2D eigenvalue weighted by molar-refractivity contribution is 0.0206. The number of anilines is 1. The van der Waals surface area contributed by atoms with E-state index in [-0.39, 0.29) is 17.7 Å². The maximum atomic E-state index is 14.4. The average molecular weight is 506 g/mol. The lowest BCUT2D eigenvalue weighted by Gasteiger charge is -2.34. The monoisotopic (exact) mass is 505 g/mol. The molecule has 0 radical (unpaired) electrons. The van der Waals surface area contributed by atoms with Gasteiger partial charge in [0.15, 0.2) is 5.82 Å². The second kappa shape index (κ2) is 9.80. The Hall–Kier alpha value is -4.01. The zero-order chi connectivity index (χ0) is 26.2. The molecule has 1 saturated heterocycles. The SMILES string of the molecule is CC(C)(C)OC(=O)N1CCC[C@@H](Nc2ccnc(-c3c[nH]c4ccc(-c5c(F)cccc5F)cc34)n2)C1. The molecule has 9 heteroatoms. The van der Waals surface area contributed by atoms with Gasteiger partial charge >= 0.3 is 6.09 Å². The van der Waals surface area contributed by atoms with Crippen molar-refractivity contribution in [2.75, 3.05) is 18.4 Å². The maximum Gasteiger partial charge on any atom is 0.410 e. The summed E-state index contributed by atoms with van der Waals surface area (Å²) in [6.45, 7) is 6.73. The predicted molar refractivity (Wildman–Crippen MR) is 139 cm³/mol. The number of likely N-dealkylation sites (tertiary alicyclic amines) is 1. The van der Waals surface area contributed by atoms with Crippen LogP contribution in [0.15, 0.2) is 54.9 Å². The minimum atomic E-state index is -0.619. The third-order valence-electron chi connectivity index (χ3n) is 6.25. The van der Waals surface area contributed by atoms with Crippen molar-refractivity contribution < 1.29 is 18.3 Å². The van der Waals surface area contributed by atoms with Crippen molar-refractivity contribution in [3.63, 3.8) is 0 Å². The largest absolute Gasteiger partial charge is 0.444 e. The van der Waals surface area contributed by atoms with Crippen LogP contribution in [-0.4, -0.2) is 50.7 Å². The Morgan fingerprint density at radius 3 is 2.70 bits per heavy atom. The summed E-state index contributed by atoms with van der Waals surface area (Å²) in [5.41, 5.74) is 1.34. The van der Waals surface area contributed by atoms with Crippen molar-refractivity contribution in [3.05, 3.63) is 66.5 Å². The summed E-state index contributed by atoms with van der Waals surface area (Å²) in [6.07, 6.45) is 4.88. The minimum absolute atomic E-state index is 0.0163. The van der Waals surface area contributed by atoms with Gasteiger partial charge in [-0.25, -0.2) is 23.5 Å². The Morgan fingerprint density at radius 1 is 1.16 bits per heavy atom. The van der Waals surface area contributed by atoms with Crippen LogP contribution < -0.4 is 5.32 Å². The summed E-state index contributed by atoms with van der Waals surface area (Å²) in [6, 6.07) is 10.8. The number of aromatic nitrogens is 3. The third-order valence-corrected chi connectivity index (χ3v) is 6.25. The van der Waals surface area contributed by atoms with Crippen LogP contribution in [-0.2, 0) is 4.74 Å². The highest BCUT2D eigenvalue weighted by atomic mass is 19.1. The number of hydrogen-bond donors (Lipinski definition) is 2. The first-order chi connectivity index (χ1) is 17.7. The first-order valence-corrected chi connectivity index (χ1v) is 12.3. The van der Waals surface area contributed by atoms with Crippen LogP contribution >= 0.6 is 0 Å². The molecule has 0 unspecified atom stereocenters. The maximum absolute atomic E-state index is 14.4. The fraction of sp³-hybridized carbons (Fsp3) is 0.321. The summed E-state index contributed by atoms with van der Waals surface area (Å²) in [5, 5.41) is 4.18. The van der Waals surface area contributed by atoms with Gasteiger partial charge < -0.3 is 19.9 Å². The molecule has 7 nitrogen and oxygen atoms in total. The summed E-state index contributed by atoms with van der Waals surface area (Å²) in [5.74, 6) is -0.132. The van der Waals surface area contributed by atoms with Gasteiger partial charge in [-0.2, -0.15) is 0 Å². The number of H-pyrrole nitrogens is 1. The van der Waals surface area contributed by atoms with Gasteiger partial charge in [-0.15, -0.1) is 0 Å². The number of fused-ring (bicyclic) bond motifs is 1. The number of halogens is 2. The topological polar surface area (TPSA) is 83.1 Å². The molecule has 1 aliphatic rings. The average Bonchev–Trinajstić information content (AvgIpc) is 3.27. The van der Waals surface area contributed by atoms with Crippen LogP contribution in [0.5, 0.6) is 0 Å². The molecule has 0 aliphatic carbocycles. The highest BCUT2D eigenvalue weighted by Crippen LogP contribution is 2.33. The molecule has 0 spiro atoms. The quantitative estimate of drug-likeness (QED) is 0.336. The van der Waals surface area contributed by atoms with E-state index < -0.39 is 17.2 Å². The molecule has 0 saturated carbocycles. The molecule has 2 aromatic heterocycles. The van der Waals surface area contributed by atoms with Crippen molar-refractivity contribution >= 4 is 22.8 Å². The molecule has 2 aromatic carbocycles. The Bertz CT molecular complexity index is 1430. The molecule has 2 N–H and O–H groups in total. The lowest BCUT2D eigenvalue weighted by atomic mass is 10.0. The van der Waals surface area contributed by atoms with Crippen molar-refractivity contribution in [2.24, 2.45) is 0 Å². The minimum Gasteiger partial charge on any atom is -0.444 e. The van der Waals surface area contributed by atoms with Crippen LogP contribution in [0.25, 0.3) is 33.4 Å². The fourth-order valence-corrected chi connectivity index (χ4v) is 4.60. The molecule has 192 valence electrons. The molecule has 0 bridgehead atoms. The van der Waals surface area contributed by atoms with E-state index in [1.165, 1.54) is 18.2 Å². The zero-order valence-corrected chi connectivity index (χ0v) is 21.0. The van der Waals surface area contributed by atoms with Gasteiger partial charge in [-0.1, -0.05) is 12.1 Å². The number of ether oxygens (including phenoxy) is 1. The van der Waals surface area contributed by atoms with Crippen LogP contribution in [0.1, 0.15) is 33.6 Å². The first kappa shape index (κ1) is 24.7. The van der Waals surface area contributed by atoms with Gasteiger partial charge in [-0.05, 0) is 69.5 Å². The smallest absolute Gasteiger partial charge is 0.410 e. The highest BCUT2D eigenvalue weighted by molar-refractivity contribution is 5.96. The number of nitrogens with zero attached hydrogens (tertiary/aromatic N) is 3. The molecular weight excluding hydrogens is 476 g/mol. The zero-order valence-electron chi connectivity index (χ0n) is 21.0. The Balaban J connectivity index is 1.38. The molecule has 4 aromatic rings. The van der Waals surface area contributed by atoms with Gasteiger partial charge in [0.25, 0.3) is 0 Å². The molecule has 37 heavy (non-hydrogen) atoms. The van der Waals surface area contributed by atoms with E-state index >= 15 is 0 Å². The third kappa shape index (κ3) is 5.40. The summed E-state index contributed by atoms with van der Waals surface area (Å²) < 4.78 is 34.3. The number of hydrogen-bond acceptors (Lipinski definition) is 5. The summed E-state index contributed by atoms with van der Waals surface area (Å²) in [7, 11) is 0. The Labute approximate surface area is 213 Å². The van der Waals surface area contributed by atoms with Crippen LogP contribution in [0, 0.1) is 11.6 Å². The number of carbonyl (C=O) groups excluding carboxylic acids is 1. The van der Waals surface area contributed by atoms with Crippen molar-refractivity contribution in [2.45, 2.75) is 45.3 Å². The summed E-state index contributed by atoms with van der Waals surface area (Å²) in [4.78, 5) is 26.6. The van der Waals surface area contributed by atoms with E-state index in [1.807, 2.05) is 20.8 Å². The van der Waals surface area contributed by atoms with E-state index in [4.69, 9.17) is 9.72 Å². The van der Waals surface area contributed by atoms with Gasteiger partial charge in [0, 0.05) is 48.0 Å². The Kier molecular flexibility index (Phi) is 6.54. The number of amides is 1. The van der Waals surface area contributed by atoms with E-state index in [9.17, 15) is 13.6 Å². The van der Waals surface area contributed by atoms with E-state index in [2.05, 4.69) is 15.3 Å². The molecule has 3 heterocycles. The highest BCUT2D eigenvalue weighted by Gasteiger charge is 2.28. The molecular formula is C28H29F2N5O2. The van der Waals surface area contributed by atoms with Crippen molar-refractivity contribution in [1.29, 1.82) is 0 Å². The van der Waals surface area contributed by atoms with Gasteiger partial charge in [0.2, 0.25) is 0 Å². The molecule has 1 atom stereocenters. The van der Waals surface area contributed by atoms with Crippen molar-refractivity contribution in [3.8, 4) is 22.5 Å². The number of aromatic amines is 1. The van der Waals surface area contributed by atoms with Crippen LogP contribution in [0.2, 0.25) is 0 Å². The predicted octanol–water partition coefficient (Wildman–Crippen LogP) is 6.38. The molecule has 1 amide bonds. The number of nitrogens with one attached hydrogen (secondary N) is 2. The van der Waals surface area contributed by atoms with E-state index in [1.54, 1.807) is 41.6 Å². The molecule has 1 aliphatic heterocycles. The van der Waals surface area contributed by atoms with Gasteiger partial charge in [0.1, 0.15) is 23.1 Å². The van der Waals surface area contributed by atoms with Crippen LogP contribution in [0.4, 0.5) is 19.4 Å². The first-order valence-electron chi connectivity index (χ1n) is 12.3. The fourth-order valence-electron chi connectivity index (χ4n) is 4.60. The summed E-state index contributed by atoms with van der Waals surface area (Å²) >= 11 is 0. The lowest BCUT2D eigenvalue weighted by Crippen LogP contribution is -2.47. The Morgan fingerprint density at radius 2 is 1.95 bits per heavy atom. The standard InChI is InChI=1S/C28H29F2N5O2/c1-28(2,3)37-27(36)35-13-5-6-18(16-35)33-24-11-12-31-26(34-24)20-15-32-23-10-9-17(14-19(20)23)25-21(29)7-4-8-22(25)30/h4,7-12,14-15,18,32H,5-6,13,16H2,1-3H3,(H,31,33,34)/t18-/m1/s1. The second-order valence-electron chi connectivity index (χ2n) is 10.2. The van der Waals surface area contributed by atoms with E-state index in [0.29, 0.717) is 30.3 Å².